The molecule has 184 valence electrons. The zero-order valence-corrected chi connectivity index (χ0v) is 20.4. The highest BCUT2D eigenvalue weighted by molar-refractivity contribution is 5.93. The molecule has 3 aromatic rings. The number of pyridine rings is 2. The first kappa shape index (κ1) is 24.6. The molecule has 0 atom stereocenters. The van der Waals surface area contributed by atoms with Gasteiger partial charge in [0.15, 0.2) is 0 Å². The Morgan fingerprint density at radius 3 is 2.57 bits per heavy atom. The third-order valence-electron chi connectivity index (χ3n) is 6.59. The second-order valence-electron chi connectivity index (χ2n) is 8.85. The number of aryl methyl sites for hydroxylation is 2. The summed E-state index contributed by atoms with van der Waals surface area (Å²) in [7, 11) is 0. The maximum absolute atomic E-state index is 15.2. The fraction of sp³-hybridized carbons (Fsp3) is 0.370. The van der Waals surface area contributed by atoms with Gasteiger partial charge in [-0.2, -0.15) is 0 Å². The van der Waals surface area contributed by atoms with Crippen LogP contribution < -0.4 is 10.3 Å². The summed E-state index contributed by atoms with van der Waals surface area (Å²) in [5, 5.41) is 9.44. The molecule has 0 unspecified atom stereocenters. The molecule has 0 amide bonds. The second-order valence-corrected chi connectivity index (χ2v) is 8.85. The first-order valence-corrected chi connectivity index (χ1v) is 12.0. The molecule has 1 fully saturated rings. The first-order chi connectivity index (χ1) is 16.8. The molecule has 35 heavy (non-hydrogen) atoms. The van der Waals surface area contributed by atoms with E-state index in [4.69, 9.17) is 0 Å². The average Bonchev–Trinajstić information content (AvgIpc) is 2.85. The third-order valence-corrected chi connectivity index (χ3v) is 6.59. The lowest BCUT2D eigenvalue weighted by molar-refractivity contribution is 0.0695. The van der Waals surface area contributed by atoms with Crippen LogP contribution in [-0.4, -0.2) is 58.3 Å². The van der Waals surface area contributed by atoms with Crippen molar-refractivity contribution in [2.75, 3.05) is 37.6 Å². The Hall–Kier alpha value is -3.52. The van der Waals surface area contributed by atoms with E-state index in [2.05, 4.69) is 35.9 Å². The Balaban J connectivity index is 1.56. The summed E-state index contributed by atoms with van der Waals surface area (Å²) in [6, 6.07) is 6.88. The Morgan fingerprint density at radius 2 is 1.94 bits per heavy atom. The fourth-order valence-electron chi connectivity index (χ4n) is 4.75. The van der Waals surface area contributed by atoms with Crippen molar-refractivity contribution < 1.29 is 14.3 Å². The molecular formula is C27H31FN4O3. The van der Waals surface area contributed by atoms with Crippen molar-refractivity contribution in [2.45, 2.75) is 33.7 Å². The van der Waals surface area contributed by atoms with E-state index in [1.807, 2.05) is 24.1 Å². The summed E-state index contributed by atoms with van der Waals surface area (Å²) in [5.74, 6) is -1.82. The van der Waals surface area contributed by atoms with Crippen LogP contribution in [0.1, 0.15) is 41.9 Å². The summed E-state index contributed by atoms with van der Waals surface area (Å²) in [4.78, 5) is 33.0. The standard InChI is InChI=1S/C27H31FN4O3/c1-4-7-19(25-18(3)8-6-9-29-25)16-30-10-12-32(13-11-30)24-15-23-20(14-22(24)28)26(33)21(27(34)35)17-31(23)5-2/h6-9,14-15,17H,4-5,10-13,16H2,1-3H3,(H,34,35)/b19-7-. The smallest absolute Gasteiger partial charge is 0.341 e. The van der Waals surface area contributed by atoms with Crippen LogP contribution in [0.3, 0.4) is 0 Å². The molecule has 2 aromatic heterocycles. The molecule has 1 aromatic carbocycles. The Morgan fingerprint density at radius 1 is 1.20 bits per heavy atom. The number of nitrogens with zero attached hydrogens (tertiary/aromatic N) is 4. The van der Waals surface area contributed by atoms with Gasteiger partial charge in [0.1, 0.15) is 11.4 Å². The van der Waals surface area contributed by atoms with Crippen LogP contribution in [0.4, 0.5) is 10.1 Å². The number of hydrogen-bond acceptors (Lipinski definition) is 5. The molecule has 0 saturated carbocycles. The zero-order chi connectivity index (χ0) is 25.1. The largest absolute Gasteiger partial charge is 0.477 e. The quantitative estimate of drug-likeness (QED) is 0.549. The van der Waals surface area contributed by atoms with Gasteiger partial charge in [-0.25, -0.2) is 9.18 Å². The van der Waals surface area contributed by atoms with Gasteiger partial charge < -0.3 is 14.6 Å². The van der Waals surface area contributed by atoms with E-state index in [0.717, 1.165) is 37.3 Å². The first-order valence-electron chi connectivity index (χ1n) is 12.0. The lowest BCUT2D eigenvalue weighted by Gasteiger charge is -2.36. The highest BCUT2D eigenvalue weighted by Crippen LogP contribution is 2.27. The number of fused-ring (bicyclic) bond motifs is 1. The molecule has 1 saturated heterocycles. The summed E-state index contributed by atoms with van der Waals surface area (Å²) >= 11 is 0. The number of halogens is 1. The molecule has 0 radical (unpaired) electrons. The van der Waals surface area contributed by atoms with Crippen molar-refractivity contribution in [3.05, 3.63) is 75.6 Å². The molecule has 0 aliphatic carbocycles. The second kappa shape index (κ2) is 10.4. The average molecular weight is 479 g/mol. The minimum atomic E-state index is -1.31. The molecule has 1 aliphatic heterocycles. The number of benzene rings is 1. The molecule has 7 nitrogen and oxygen atoms in total. The molecule has 0 spiro atoms. The van der Waals surface area contributed by atoms with Gasteiger partial charge in [-0.3, -0.25) is 14.7 Å². The van der Waals surface area contributed by atoms with E-state index < -0.39 is 17.2 Å². The van der Waals surface area contributed by atoms with Crippen molar-refractivity contribution in [1.29, 1.82) is 0 Å². The minimum Gasteiger partial charge on any atom is -0.477 e. The SMILES string of the molecule is CC/C=C(/CN1CCN(c2cc3c(cc2F)c(=O)c(C(=O)O)cn3CC)CC1)c1ncccc1C. The third kappa shape index (κ3) is 4.98. The van der Waals surface area contributed by atoms with Crippen LogP contribution in [0.2, 0.25) is 0 Å². The number of carbonyl (C=O) groups is 1. The minimum absolute atomic E-state index is 0.0895. The van der Waals surface area contributed by atoms with E-state index in [1.54, 1.807) is 10.6 Å². The molecule has 3 heterocycles. The van der Waals surface area contributed by atoms with Crippen molar-refractivity contribution in [1.82, 2.24) is 14.5 Å². The normalized spacial score (nSPS) is 15.1. The molecule has 1 aliphatic rings. The van der Waals surface area contributed by atoms with Crippen molar-refractivity contribution in [3.8, 4) is 0 Å². The number of piperazine rings is 1. The number of allylic oxidation sites excluding steroid dienone is 1. The summed E-state index contributed by atoms with van der Waals surface area (Å²) in [5.41, 5.74) is 3.35. The van der Waals surface area contributed by atoms with Gasteiger partial charge in [-0.05, 0) is 49.6 Å². The number of carboxylic acid groups (broad SMARTS) is 1. The van der Waals surface area contributed by atoms with Crippen LogP contribution in [-0.2, 0) is 6.54 Å². The van der Waals surface area contributed by atoms with Crippen molar-refractivity contribution in [2.24, 2.45) is 0 Å². The summed E-state index contributed by atoms with van der Waals surface area (Å²) < 4.78 is 16.8. The number of aromatic nitrogens is 2. The lowest BCUT2D eigenvalue weighted by atomic mass is 10.0. The number of carboxylic acids is 1. The van der Waals surface area contributed by atoms with E-state index in [-0.39, 0.29) is 10.9 Å². The van der Waals surface area contributed by atoms with Crippen LogP contribution in [0.25, 0.3) is 16.5 Å². The van der Waals surface area contributed by atoms with E-state index in [1.165, 1.54) is 17.8 Å². The maximum Gasteiger partial charge on any atom is 0.341 e. The van der Waals surface area contributed by atoms with E-state index in [9.17, 15) is 14.7 Å². The highest BCUT2D eigenvalue weighted by Gasteiger charge is 2.23. The van der Waals surface area contributed by atoms with Gasteiger partial charge in [0.2, 0.25) is 5.43 Å². The van der Waals surface area contributed by atoms with E-state index >= 15 is 4.39 Å². The van der Waals surface area contributed by atoms with Gasteiger partial charge >= 0.3 is 5.97 Å². The molecule has 8 heteroatoms. The lowest BCUT2D eigenvalue weighted by Crippen LogP contribution is -2.47. The van der Waals surface area contributed by atoms with Crippen molar-refractivity contribution in [3.63, 3.8) is 0 Å². The van der Waals surface area contributed by atoms with Gasteiger partial charge in [0.25, 0.3) is 0 Å². The van der Waals surface area contributed by atoms with E-state index in [0.29, 0.717) is 30.8 Å². The van der Waals surface area contributed by atoms with Crippen LogP contribution in [0.15, 0.2) is 47.5 Å². The van der Waals surface area contributed by atoms with Gasteiger partial charge in [-0.1, -0.05) is 19.1 Å². The highest BCUT2D eigenvalue weighted by atomic mass is 19.1. The molecule has 0 bridgehead atoms. The van der Waals surface area contributed by atoms with Gasteiger partial charge in [0, 0.05) is 57.0 Å². The number of aromatic carboxylic acids is 1. The topological polar surface area (TPSA) is 78.7 Å². The maximum atomic E-state index is 15.2. The Bertz CT molecular complexity index is 1340. The molecule has 1 N–H and O–H groups in total. The summed E-state index contributed by atoms with van der Waals surface area (Å²) in [6.45, 7) is 10.1. The van der Waals surface area contributed by atoms with Crippen LogP contribution in [0, 0.1) is 12.7 Å². The number of hydrogen-bond donors (Lipinski definition) is 1. The van der Waals surface area contributed by atoms with Crippen LogP contribution >= 0.6 is 0 Å². The fourth-order valence-corrected chi connectivity index (χ4v) is 4.75. The Kier molecular flexibility index (Phi) is 7.31. The monoisotopic (exact) mass is 478 g/mol. The zero-order valence-electron chi connectivity index (χ0n) is 20.4. The predicted octanol–water partition coefficient (Wildman–Crippen LogP) is 4.18. The van der Waals surface area contributed by atoms with Crippen molar-refractivity contribution >= 4 is 28.1 Å². The predicted molar refractivity (Wildman–Crippen MR) is 137 cm³/mol. The number of rotatable bonds is 7. The van der Waals surface area contributed by atoms with Gasteiger partial charge in [-0.15, -0.1) is 0 Å². The summed E-state index contributed by atoms with van der Waals surface area (Å²) in [6.07, 6.45) is 6.31. The van der Waals surface area contributed by atoms with Crippen LogP contribution in [0.5, 0.6) is 0 Å². The molecule has 4 rings (SSSR count). The molecular weight excluding hydrogens is 447 g/mol. The number of anilines is 1. The Labute approximate surface area is 204 Å². The van der Waals surface area contributed by atoms with Gasteiger partial charge in [0.05, 0.1) is 16.9 Å².